The van der Waals surface area contributed by atoms with E-state index in [1.54, 1.807) is 6.07 Å². The monoisotopic (exact) mass is 265 g/mol. The standard InChI is InChI=1S/C13H16ClN3O/c1-2-3-8-11(15)13-16-12(17-18-13)9-6-4-5-7-10(9)14/h4-7,11H,2-3,8,15H2,1H3/t11-/m0/s1. The van der Waals surface area contributed by atoms with E-state index in [0.717, 1.165) is 24.8 Å². The van der Waals surface area contributed by atoms with Gasteiger partial charge < -0.3 is 10.3 Å². The van der Waals surface area contributed by atoms with Gasteiger partial charge in [0, 0.05) is 5.56 Å². The zero-order valence-electron chi connectivity index (χ0n) is 10.3. The van der Waals surface area contributed by atoms with Gasteiger partial charge >= 0.3 is 0 Å². The fraction of sp³-hybridized carbons (Fsp3) is 0.385. The van der Waals surface area contributed by atoms with Crippen molar-refractivity contribution in [1.29, 1.82) is 0 Å². The Labute approximate surface area is 111 Å². The first kappa shape index (κ1) is 13.1. The Morgan fingerprint density at radius 3 is 2.89 bits per heavy atom. The smallest absolute Gasteiger partial charge is 0.243 e. The predicted molar refractivity (Wildman–Crippen MR) is 71.2 cm³/mol. The van der Waals surface area contributed by atoms with Crippen molar-refractivity contribution in [2.75, 3.05) is 0 Å². The molecule has 18 heavy (non-hydrogen) atoms. The average molecular weight is 266 g/mol. The Kier molecular flexibility index (Phi) is 4.33. The van der Waals surface area contributed by atoms with E-state index in [4.69, 9.17) is 21.9 Å². The van der Waals surface area contributed by atoms with Crippen LogP contribution in [-0.4, -0.2) is 10.1 Å². The molecule has 4 nitrogen and oxygen atoms in total. The molecule has 0 spiro atoms. The normalized spacial score (nSPS) is 12.6. The molecule has 0 aliphatic heterocycles. The first-order valence-corrected chi connectivity index (χ1v) is 6.44. The maximum atomic E-state index is 6.08. The van der Waals surface area contributed by atoms with Gasteiger partial charge in [0.25, 0.3) is 0 Å². The van der Waals surface area contributed by atoms with Crippen LogP contribution in [0.3, 0.4) is 0 Å². The van der Waals surface area contributed by atoms with Crippen LogP contribution in [0.15, 0.2) is 28.8 Å². The maximum Gasteiger partial charge on any atom is 0.243 e. The van der Waals surface area contributed by atoms with Gasteiger partial charge in [0.1, 0.15) is 0 Å². The van der Waals surface area contributed by atoms with Crippen LogP contribution < -0.4 is 5.73 Å². The van der Waals surface area contributed by atoms with E-state index in [9.17, 15) is 0 Å². The summed E-state index contributed by atoms with van der Waals surface area (Å²) in [6.07, 6.45) is 2.99. The van der Waals surface area contributed by atoms with Gasteiger partial charge in [0.05, 0.1) is 11.1 Å². The highest BCUT2D eigenvalue weighted by atomic mass is 35.5. The third kappa shape index (κ3) is 2.89. The van der Waals surface area contributed by atoms with Gasteiger partial charge in [0.15, 0.2) is 0 Å². The number of unbranched alkanes of at least 4 members (excludes halogenated alkanes) is 1. The molecule has 0 saturated carbocycles. The Bertz CT molecular complexity index is 512. The van der Waals surface area contributed by atoms with E-state index in [1.165, 1.54) is 0 Å². The van der Waals surface area contributed by atoms with Crippen molar-refractivity contribution in [3.63, 3.8) is 0 Å². The molecule has 1 aromatic heterocycles. The summed E-state index contributed by atoms with van der Waals surface area (Å²) < 4.78 is 5.19. The van der Waals surface area contributed by atoms with Crippen molar-refractivity contribution < 1.29 is 4.52 Å². The molecule has 0 saturated heterocycles. The molecular weight excluding hydrogens is 250 g/mol. The summed E-state index contributed by atoms with van der Waals surface area (Å²) in [7, 11) is 0. The molecule has 1 aromatic carbocycles. The third-order valence-corrected chi connectivity index (χ3v) is 3.07. The first-order chi connectivity index (χ1) is 8.72. The summed E-state index contributed by atoms with van der Waals surface area (Å²) >= 11 is 6.08. The lowest BCUT2D eigenvalue weighted by Gasteiger charge is -2.03. The minimum Gasteiger partial charge on any atom is -0.337 e. The second-order valence-corrected chi connectivity index (χ2v) is 4.59. The van der Waals surface area contributed by atoms with Gasteiger partial charge in [-0.2, -0.15) is 4.98 Å². The Balaban J connectivity index is 2.18. The van der Waals surface area contributed by atoms with E-state index in [0.29, 0.717) is 16.7 Å². The minimum atomic E-state index is -0.200. The van der Waals surface area contributed by atoms with Crippen molar-refractivity contribution >= 4 is 11.6 Å². The number of aromatic nitrogens is 2. The molecule has 5 heteroatoms. The van der Waals surface area contributed by atoms with Crippen LogP contribution in [-0.2, 0) is 0 Å². The first-order valence-electron chi connectivity index (χ1n) is 6.06. The molecular formula is C13H16ClN3O. The molecule has 0 aliphatic carbocycles. The molecule has 0 bridgehead atoms. The SMILES string of the molecule is CCCC[C@H](N)c1nc(-c2ccccc2Cl)no1. The van der Waals surface area contributed by atoms with Crippen molar-refractivity contribution in [2.24, 2.45) is 5.73 Å². The van der Waals surface area contributed by atoms with Crippen LogP contribution >= 0.6 is 11.6 Å². The topological polar surface area (TPSA) is 64.9 Å². The summed E-state index contributed by atoms with van der Waals surface area (Å²) in [5.41, 5.74) is 6.74. The molecule has 0 fully saturated rings. The molecule has 0 unspecified atom stereocenters. The Morgan fingerprint density at radius 2 is 2.17 bits per heavy atom. The van der Waals surface area contributed by atoms with Crippen molar-refractivity contribution in [3.8, 4) is 11.4 Å². The van der Waals surface area contributed by atoms with Crippen LogP contribution in [0, 0.1) is 0 Å². The van der Waals surface area contributed by atoms with Crippen LogP contribution in [0.4, 0.5) is 0 Å². The number of rotatable bonds is 5. The van der Waals surface area contributed by atoms with E-state index in [1.807, 2.05) is 18.2 Å². The molecule has 1 heterocycles. The molecule has 0 radical (unpaired) electrons. The summed E-state index contributed by atoms with van der Waals surface area (Å²) in [5, 5.41) is 4.53. The van der Waals surface area contributed by atoms with E-state index < -0.39 is 0 Å². The van der Waals surface area contributed by atoms with Crippen LogP contribution in [0.2, 0.25) is 5.02 Å². The second kappa shape index (κ2) is 5.98. The van der Waals surface area contributed by atoms with Gasteiger partial charge in [-0.15, -0.1) is 0 Å². The lowest BCUT2D eigenvalue weighted by molar-refractivity contribution is 0.346. The third-order valence-electron chi connectivity index (χ3n) is 2.74. The highest BCUT2D eigenvalue weighted by Gasteiger charge is 2.16. The average Bonchev–Trinajstić information content (AvgIpc) is 2.86. The number of hydrogen-bond acceptors (Lipinski definition) is 4. The van der Waals surface area contributed by atoms with Crippen LogP contribution in [0.1, 0.15) is 38.1 Å². The van der Waals surface area contributed by atoms with E-state index >= 15 is 0 Å². The number of benzene rings is 1. The molecule has 2 N–H and O–H groups in total. The van der Waals surface area contributed by atoms with E-state index in [-0.39, 0.29) is 6.04 Å². The lowest BCUT2D eigenvalue weighted by atomic mass is 10.1. The largest absolute Gasteiger partial charge is 0.337 e. The van der Waals surface area contributed by atoms with Crippen LogP contribution in [0.5, 0.6) is 0 Å². The fourth-order valence-electron chi connectivity index (χ4n) is 1.69. The lowest BCUT2D eigenvalue weighted by Crippen LogP contribution is -2.10. The zero-order valence-corrected chi connectivity index (χ0v) is 11.0. The molecule has 1 atom stereocenters. The summed E-state index contributed by atoms with van der Waals surface area (Å²) in [6, 6.07) is 7.20. The zero-order chi connectivity index (χ0) is 13.0. The molecule has 96 valence electrons. The van der Waals surface area contributed by atoms with Crippen LogP contribution in [0.25, 0.3) is 11.4 Å². The van der Waals surface area contributed by atoms with Gasteiger partial charge in [0.2, 0.25) is 11.7 Å². The minimum absolute atomic E-state index is 0.200. The van der Waals surface area contributed by atoms with Gasteiger partial charge in [-0.05, 0) is 18.6 Å². The predicted octanol–water partition coefficient (Wildman–Crippen LogP) is 3.58. The summed E-state index contributed by atoms with van der Waals surface area (Å²) in [5.74, 6) is 0.959. The van der Waals surface area contributed by atoms with Gasteiger partial charge in [-0.25, -0.2) is 0 Å². The Hall–Kier alpha value is -1.39. The Morgan fingerprint density at radius 1 is 1.39 bits per heavy atom. The number of hydrogen-bond donors (Lipinski definition) is 1. The number of halogens is 1. The molecule has 2 aromatic rings. The van der Waals surface area contributed by atoms with Crippen molar-refractivity contribution in [1.82, 2.24) is 10.1 Å². The van der Waals surface area contributed by atoms with Crippen molar-refractivity contribution in [3.05, 3.63) is 35.2 Å². The summed E-state index contributed by atoms with van der Waals surface area (Å²) in [4.78, 5) is 4.31. The number of nitrogens with zero attached hydrogens (tertiary/aromatic N) is 2. The summed E-state index contributed by atoms with van der Waals surface area (Å²) in [6.45, 7) is 2.12. The molecule has 2 rings (SSSR count). The molecule has 0 amide bonds. The van der Waals surface area contributed by atoms with Gasteiger partial charge in [-0.3, -0.25) is 0 Å². The second-order valence-electron chi connectivity index (χ2n) is 4.18. The van der Waals surface area contributed by atoms with Gasteiger partial charge in [-0.1, -0.05) is 48.7 Å². The number of nitrogens with two attached hydrogens (primary N) is 1. The van der Waals surface area contributed by atoms with Crippen molar-refractivity contribution in [2.45, 2.75) is 32.2 Å². The quantitative estimate of drug-likeness (QED) is 0.897. The highest BCUT2D eigenvalue weighted by molar-refractivity contribution is 6.33. The maximum absolute atomic E-state index is 6.08. The van der Waals surface area contributed by atoms with E-state index in [2.05, 4.69) is 17.1 Å². The molecule has 0 aliphatic rings. The fourth-order valence-corrected chi connectivity index (χ4v) is 1.91. The highest BCUT2D eigenvalue weighted by Crippen LogP contribution is 2.26.